The molecule has 0 unspecified atom stereocenters. The van der Waals surface area contributed by atoms with E-state index >= 15 is 0 Å². The summed E-state index contributed by atoms with van der Waals surface area (Å²) >= 11 is 0. The zero-order chi connectivity index (χ0) is 9.76. The van der Waals surface area contributed by atoms with E-state index in [4.69, 9.17) is 4.74 Å². The van der Waals surface area contributed by atoms with Crippen LogP contribution < -0.4 is 0 Å². The summed E-state index contributed by atoms with van der Waals surface area (Å²) in [6, 6.07) is 6.26. The molecule has 3 heteroatoms. The SMILES string of the molecule is O=C1OC[C@@H]2C[C@@]12c1cccc(F)c1. The molecular formula is C11H9FO2. The Morgan fingerprint density at radius 3 is 2.93 bits per heavy atom. The molecule has 2 aliphatic rings. The van der Waals surface area contributed by atoms with Gasteiger partial charge in [-0.1, -0.05) is 12.1 Å². The van der Waals surface area contributed by atoms with Gasteiger partial charge in [-0.2, -0.15) is 0 Å². The molecular weight excluding hydrogens is 183 g/mol. The summed E-state index contributed by atoms with van der Waals surface area (Å²) in [7, 11) is 0. The number of fused-ring (bicyclic) bond motifs is 1. The third-order valence-corrected chi connectivity index (χ3v) is 3.22. The molecule has 1 saturated heterocycles. The first-order chi connectivity index (χ1) is 6.73. The second-order valence-corrected chi connectivity index (χ2v) is 3.98. The maximum Gasteiger partial charge on any atom is 0.317 e. The molecule has 1 aromatic carbocycles. The molecule has 0 aromatic heterocycles. The molecule has 3 rings (SSSR count). The normalized spacial score (nSPS) is 33.8. The third kappa shape index (κ3) is 0.820. The molecule has 0 spiro atoms. The van der Waals surface area contributed by atoms with Gasteiger partial charge in [0.1, 0.15) is 5.82 Å². The highest BCUT2D eigenvalue weighted by molar-refractivity contribution is 5.89. The van der Waals surface area contributed by atoms with Crippen LogP contribution in [0.2, 0.25) is 0 Å². The van der Waals surface area contributed by atoms with E-state index < -0.39 is 5.41 Å². The number of carbonyl (C=O) groups excluding carboxylic acids is 1. The molecule has 0 bridgehead atoms. The molecule has 2 fully saturated rings. The molecule has 1 aliphatic heterocycles. The van der Waals surface area contributed by atoms with Gasteiger partial charge in [-0.3, -0.25) is 4.79 Å². The standard InChI is InChI=1S/C11H9FO2/c12-9-3-1-2-7(4-9)11-5-8(11)6-14-10(11)13/h1-4,8H,5-6H2/t8-,11-/m0/s1. The minimum atomic E-state index is -0.498. The Balaban J connectivity index is 2.08. The molecule has 1 aliphatic carbocycles. The van der Waals surface area contributed by atoms with Crippen molar-refractivity contribution >= 4 is 5.97 Å². The Bertz CT molecular complexity index is 416. The van der Waals surface area contributed by atoms with E-state index in [0.717, 1.165) is 12.0 Å². The zero-order valence-corrected chi connectivity index (χ0v) is 7.50. The number of hydrogen-bond donors (Lipinski definition) is 0. The summed E-state index contributed by atoms with van der Waals surface area (Å²) in [6.45, 7) is 0.495. The molecule has 1 saturated carbocycles. The lowest BCUT2D eigenvalue weighted by atomic mass is 9.95. The van der Waals surface area contributed by atoms with E-state index in [1.165, 1.54) is 12.1 Å². The Morgan fingerprint density at radius 2 is 2.36 bits per heavy atom. The number of esters is 1. The summed E-state index contributed by atoms with van der Waals surface area (Å²) in [6.07, 6.45) is 0.815. The number of rotatable bonds is 1. The van der Waals surface area contributed by atoms with Gasteiger partial charge in [0.25, 0.3) is 0 Å². The van der Waals surface area contributed by atoms with Crippen LogP contribution in [0.5, 0.6) is 0 Å². The van der Waals surface area contributed by atoms with Crippen LogP contribution in [0.3, 0.4) is 0 Å². The first kappa shape index (κ1) is 7.97. The first-order valence-electron chi connectivity index (χ1n) is 4.67. The van der Waals surface area contributed by atoms with E-state index in [2.05, 4.69) is 0 Å². The number of hydrogen-bond acceptors (Lipinski definition) is 2. The monoisotopic (exact) mass is 192 g/mol. The number of ether oxygens (including phenoxy) is 1. The summed E-state index contributed by atoms with van der Waals surface area (Å²) < 4.78 is 17.9. The van der Waals surface area contributed by atoms with Crippen molar-refractivity contribution in [2.75, 3.05) is 6.61 Å². The van der Waals surface area contributed by atoms with Crippen LogP contribution in [-0.4, -0.2) is 12.6 Å². The lowest BCUT2D eigenvalue weighted by molar-refractivity contribution is -0.142. The summed E-state index contributed by atoms with van der Waals surface area (Å²) in [5, 5.41) is 0. The predicted octanol–water partition coefficient (Wildman–Crippen LogP) is 1.64. The maximum atomic E-state index is 13.0. The van der Waals surface area contributed by atoms with Crippen molar-refractivity contribution in [1.29, 1.82) is 0 Å². The van der Waals surface area contributed by atoms with Crippen molar-refractivity contribution in [3.63, 3.8) is 0 Å². The second kappa shape index (κ2) is 2.35. The van der Waals surface area contributed by atoms with Gasteiger partial charge in [-0.15, -0.1) is 0 Å². The Kier molecular flexibility index (Phi) is 1.34. The fourth-order valence-corrected chi connectivity index (χ4v) is 2.32. The van der Waals surface area contributed by atoms with E-state index in [1.807, 2.05) is 0 Å². The zero-order valence-electron chi connectivity index (χ0n) is 7.50. The fraction of sp³-hybridized carbons (Fsp3) is 0.364. The van der Waals surface area contributed by atoms with Gasteiger partial charge >= 0.3 is 5.97 Å². The molecule has 1 heterocycles. The van der Waals surface area contributed by atoms with Crippen LogP contribution in [0.25, 0.3) is 0 Å². The van der Waals surface area contributed by atoms with Crippen molar-refractivity contribution in [2.24, 2.45) is 5.92 Å². The fourth-order valence-electron chi connectivity index (χ4n) is 2.32. The van der Waals surface area contributed by atoms with Gasteiger partial charge in [-0.05, 0) is 24.1 Å². The quantitative estimate of drug-likeness (QED) is 0.632. The van der Waals surface area contributed by atoms with Gasteiger partial charge in [0.15, 0.2) is 0 Å². The minimum Gasteiger partial charge on any atom is -0.465 e. The average Bonchev–Trinajstić information content (AvgIpc) is 2.83. The van der Waals surface area contributed by atoms with E-state index in [9.17, 15) is 9.18 Å². The highest BCUT2D eigenvalue weighted by atomic mass is 19.1. The van der Waals surface area contributed by atoms with Crippen molar-refractivity contribution in [3.05, 3.63) is 35.6 Å². The topological polar surface area (TPSA) is 26.3 Å². The van der Waals surface area contributed by atoms with Gasteiger partial charge < -0.3 is 4.74 Å². The number of carbonyl (C=O) groups is 1. The molecule has 14 heavy (non-hydrogen) atoms. The Hall–Kier alpha value is -1.38. The van der Waals surface area contributed by atoms with E-state index in [-0.39, 0.29) is 17.7 Å². The molecule has 0 radical (unpaired) electrons. The van der Waals surface area contributed by atoms with Crippen molar-refractivity contribution in [1.82, 2.24) is 0 Å². The molecule has 0 N–H and O–H groups in total. The Morgan fingerprint density at radius 1 is 1.50 bits per heavy atom. The molecule has 1 aromatic rings. The van der Waals surface area contributed by atoms with Gasteiger partial charge in [0.2, 0.25) is 0 Å². The molecule has 2 nitrogen and oxygen atoms in total. The van der Waals surface area contributed by atoms with Crippen molar-refractivity contribution in [3.8, 4) is 0 Å². The van der Waals surface area contributed by atoms with Crippen LogP contribution in [0.15, 0.2) is 24.3 Å². The van der Waals surface area contributed by atoms with Crippen molar-refractivity contribution < 1.29 is 13.9 Å². The third-order valence-electron chi connectivity index (χ3n) is 3.22. The maximum absolute atomic E-state index is 13.0. The second-order valence-electron chi connectivity index (χ2n) is 3.98. The van der Waals surface area contributed by atoms with Crippen LogP contribution in [0.1, 0.15) is 12.0 Å². The average molecular weight is 192 g/mol. The van der Waals surface area contributed by atoms with E-state index in [1.54, 1.807) is 12.1 Å². The predicted molar refractivity (Wildman–Crippen MR) is 47.1 cm³/mol. The number of benzene rings is 1. The first-order valence-corrected chi connectivity index (χ1v) is 4.67. The lowest BCUT2D eigenvalue weighted by Gasteiger charge is -2.08. The summed E-state index contributed by atoms with van der Waals surface area (Å²) in [5.41, 5.74) is 0.271. The van der Waals surface area contributed by atoms with Crippen LogP contribution >= 0.6 is 0 Å². The van der Waals surface area contributed by atoms with Crippen molar-refractivity contribution in [2.45, 2.75) is 11.8 Å². The van der Waals surface area contributed by atoms with Crippen LogP contribution in [-0.2, 0) is 14.9 Å². The lowest BCUT2D eigenvalue weighted by Crippen LogP contribution is -2.18. The summed E-state index contributed by atoms with van der Waals surface area (Å²) in [4.78, 5) is 11.5. The molecule has 0 amide bonds. The summed E-state index contributed by atoms with van der Waals surface area (Å²) in [5.74, 6) is -0.202. The van der Waals surface area contributed by atoms with Gasteiger partial charge in [-0.25, -0.2) is 4.39 Å². The largest absolute Gasteiger partial charge is 0.465 e. The number of halogens is 1. The van der Waals surface area contributed by atoms with Crippen LogP contribution in [0.4, 0.5) is 4.39 Å². The van der Waals surface area contributed by atoms with Gasteiger partial charge in [0.05, 0.1) is 12.0 Å². The van der Waals surface area contributed by atoms with Gasteiger partial charge in [0, 0.05) is 5.92 Å². The minimum absolute atomic E-state index is 0.187. The highest BCUT2D eigenvalue weighted by Crippen LogP contribution is 2.58. The smallest absolute Gasteiger partial charge is 0.317 e. The molecule has 72 valence electrons. The Labute approximate surface area is 80.7 Å². The van der Waals surface area contributed by atoms with E-state index in [0.29, 0.717) is 6.61 Å². The van der Waals surface area contributed by atoms with Crippen LogP contribution in [0, 0.1) is 11.7 Å². The molecule has 2 atom stereocenters. The number of cyclic esters (lactones) is 1. The highest BCUT2D eigenvalue weighted by Gasteiger charge is 2.66.